The van der Waals surface area contributed by atoms with Gasteiger partial charge in [0.25, 0.3) is 0 Å². The number of hydrogen-bond donors (Lipinski definition) is 1. The van der Waals surface area contributed by atoms with E-state index in [0.29, 0.717) is 6.54 Å². The van der Waals surface area contributed by atoms with E-state index in [1.807, 2.05) is 0 Å². The lowest BCUT2D eigenvalue weighted by molar-refractivity contribution is 0.197. The van der Waals surface area contributed by atoms with Gasteiger partial charge in [-0.2, -0.15) is 0 Å². The fourth-order valence-corrected chi connectivity index (χ4v) is 2.39. The van der Waals surface area contributed by atoms with Crippen molar-refractivity contribution in [3.8, 4) is 5.75 Å². The quantitative estimate of drug-likeness (QED) is 0.887. The van der Waals surface area contributed by atoms with Gasteiger partial charge in [0.1, 0.15) is 11.9 Å². The summed E-state index contributed by atoms with van der Waals surface area (Å²) < 4.78 is 6.16. The fourth-order valence-electron chi connectivity index (χ4n) is 2.39. The maximum atomic E-state index is 6.16. The summed E-state index contributed by atoms with van der Waals surface area (Å²) in [6, 6.07) is 14.8. The van der Waals surface area contributed by atoms with Crippen LogP contribution in [0.1, 0.15) is 34.8 Å². The van der Waals surface area contributed by atoms with Crippen LogP contribution in [-0.2, 0) is 0 Å². The monoisotopic (exact) mass is 269 g/mol. The molecule has 2 heteroatoms. The molecule has 0 radical (unpaired) electrons. The summed E-state index contributed by atoms with van der Waals surface area (Å²) in [5.41, 5.74) is 10.6. The largest absolute Gasteiger partial charge is 0.486 e. The number of hydrogen-bond acceptors (Lipinski definition) is 2. The Morgan fingerprint density at radius 3 is 2.05 bits per heavy atom. The minimum Gasteiger partial charge on any atom is -0.486 e. The minimum atomic E-state index is 0.0156. The molecule has 2 rings (SSSR count). The van der Waals surface area contributed by atoms with Crippen molar-refractivity contribution in [2.45, 2.75) is 33.3 Å². The van der Waals surface area contributed by atoms with Crippen LogP contribution in [0.25, 0.3) is 0 Å². The van der Waals surface area contributed by atoms with Crippen LogP contribution in [0.3, 0.4) is 0 Å². The molecule has 0 aliphatic carbocycles. The van der Waals surface area contributed by atoms with E-state index in [2.05, 4.69) is 63.2 Å². The van der Waals surface area contributed by atoms with E-state index in [1.165, 1.54) is 22.3 Å². The molecule has 0 amide bonds. The third kappa shape index (κ3) is 3.84. The topological polar surface area (TPSA) is 35.2 Å². The van der Waals surface area contributed by atoms with Crippen molar-refractivity contribution in [1.82, 2.24) is 0 Å². The second-order valence-electron chi connectivity index (χ2n) is 5.42. The molecule has 0 saturated heterocycles. The molecule has 2 aromatic rings. The lowest BCUT2D eigenvalue weighted by Crippen LogP contribution is -2.13. The van der Waals surface area contributed by atoms with Crippen LogP contribution in [0.5, 0.6) is 5.75 Å². The van der Waals surface area contributed by atoms with Crippen molar-refractivity contribution in [3.63, 3.8) is 0 Å². The van der Waals surface area contributed by atoms with Crippen molar-refractivity contribution in [1.29, 1.82) is 0 Å². The van der Waals surface area contributed by atoms with Crippen molar-refractivity contribution in [3.05, 3.63) is 64.7 Å². The zero-order valence-electron chi connectivity index (χ0n) is 12.5. The summed E-state index contributed by atoms with van der Waals surface area (Å²) in [4.78, 5) is 0. The molecular weight excluding hydrogens is 246 g/mol. The summed E-state index contributed by atoms with van der Waals surface area (Å²) in [7, 11) is 0. The normalized spacial score (nSPS) is 12.2. The molecule has 0 spiro atoms. The Bertz CT molecular complexity index is 540. The number of aryl methyl sites for hydroxylation is 3. The molecule has 0 fully saturated rings. The Morgan fingerprint density at radius 2 is 1.50 bits per heavy atom. The Hall–Kier alpha value is -1.80. The van der Waals surface area contributed by atoms with Crippen LogP contribution in [0.2, 0.25) is 0 Å². The van der Waals surface area contributed by atoms with Crippen LogP contribution in [-0.4, -0.2) is 6.54 Å². The van der Waals surface area contributed by atoms with Crippen LogP contribution >= 0.6 is 0 Å². The van der Waals surface area contributed by atoms with E-state index >= 15 is 0 Å². The highest BCUT2D eigenvalue weighted by molar-refractivity contribution is 5.34. The second-order valence-corrected chi connectivity index (χ2v) is 5.42. The lowest BCUT2D eigenvalue weighted by atomic mass is 10.0. The van der Waals surface area contributed by atoms with Crippen molar-refractivity contribution < 1.29 is 4.74 Å². The van der Waals surface area contributed by atoms with E-state index in [9.17, 15) is 0 Å². The minimum absolute atomic E-state index is 0.0156. The molecule has 2 nitrogen and oxygen atoms in total. The summed E-state index contributed by atoms with van der Waals surface area (Å²) in [5, 5.41) is 0. The summed E-state index contributed by atoms with van der Waals surface area (Å²) in [6.45, 7) is 6.88. The predicted molar refractivity (Wildman–Crippen MR) is 84.1 cm³/mol. The first-order chi connectivity index (χ1) is 9.58. The molecule has 2 aromatic carbocycles. The van der Waals surface area contributed by atoms with E-state index < -0.39 is 0 Å². The van der Waals surface area contributed by atoms with Crippen LogP contribution in [0.15, 0.2) is 42.5 Å². The van der Waals surface area contributed by atoms with Gasteiger partial charge in [-0.3, -0.25) is 0 Å². The van der Waals surface area contributed by atoms with Gasteiger partial charge in [0.05, 0.1) is 0 Å². The Labute approximate surface area is 121 Å². The fraction of sp³-hybridized carbons (Fsp3) is 0.333. The molecule has 2 N–H and O–H groups in total. The molecule has 1 unspecified atom stereocenters. The van der Waals surface area contributed by atoms with Gasteiger partial charge in [-0.25, -0.2) is 0 Å². The zero-order valence-corrected chi connectivity index (χ0v) is 12.5. The van der Waals surface area contributed by atoms with Gasteiger partial charge < -0.3 is 10.5 Å². The molecule has 0 bridgehead atoms. The highest BCUT2D eigenvalue weighted by atomic mass is 16.5. The van der Waals surface area contributed by atoms with Crippen LogP contribution < -0.4 is 10.5 Å². The van der Waals surface area contributed by atoms with Gasteiger partial charge in [-0.15, -0.1) is 0 Å². The van der Waals surface area contributed by atoms with E-state index in [4.69, 9.17) is 10.5 Å². The SMILES string of the molecule is Cc1ccc(C(CCN)Oc2cc(C)cc(C)c2)cc1. The average molecular weight is 269 g/mol. The van der Waals surface area contributed by atoms with Gasteiger partial charge in [0.15, 0.2) is 0 Å². The van der Waals surface area contributed by atoms with Gasteiger partial charge in [-0.05, 0) is 56.1 Å². The van der Waals surface area contributed by atoms with Gasteiger partial charge in [0.2, 0.25) is 0 Å². The summed E-state index contributed by atoms with van der Waals surface area (Å²) in [5.74, 6) is 0.918. The average Bonchev–Trinajstić information content (AvgIpc) is 2.38. The molecule has 0 aliphatic heterocycles. The van der Waals surface area contributed by atoms with Gasteiger partial charge >= 0.3 is 0 Å². The maximum absolute atomic E-state index is 6.16. The third-order valence-corrected chi connectivity index (χ3v) is 3.35. The highest BCUT2D eigenvalue weighted by Crippen LogP contribution is 2.26. The third-order valence-electron chi connectivity index (χ3n) is 3.35. The second kappa shape index (κ2) is 6.58. The molecule has 0 aliphatic rings. The lowest BCUT2D eigenvalue weighted by Gasteiger charge is -2.20. The number of rotatable bonds is 5. The van der Waals surface area contributed by atoms with Gasteiger partial charge in [0, 0.05) is 6.42 Å². The summed E-state index contributed by atoms with van der Waals surface area (Å²) >= 11 is 0. The molecule has 1 atom stereocenters. The first kappa shape index (κ1) is 14.6. The molecule has 0 aromatic heterocycles. The molecule has 0 heterocycles. The Kier molecular flexibility index (Phi) is 4.80. The van der Waals surface area contributed by atoms with Gasteiger partial charge in [-0.1, -0.05) is 35.9 Å². The Balaban J connectivity index is 2.22. The molecule has 20 heavy (non-hydrogen) atoms. The molecule has 106 valence electrons. The Morgan fingerprint density at radius 1 is 0.900 bits per heavy atom. The first-order valence-electron chi connectivity index (χ1n) is 7.10. The van der Waals surface area contributed by atoms with E-state index in [1.54, 1.807) is 0 Å². The number of nitrogens with two attached hydrogens (primary N) is 1. The van der Waals surface area contributed by atoms with Crippen molar-refractivity contribution in [2.75, 3.05) is 6.54 Å². The maximum Gasteiger partial charge on any atom is 0.125 e. The van der Waals surface area contributed by atoms with Crippen LogP contribution in [0.4, 0.5) is 0 Å². The molecular formula is C18H23NO. The smallest absolute Gasteiger partial charge is 0.125 e. The van der Waals surface area contributed by atoms with E-state index in [0.717, 1.165) is 12.2 Å². The first-order valence-corrected chi connectivity index (χ1v) is 7.10. The van der Waals surface area contributed by atoms with Crippen molar-refractivity contribution in [2.24, 2.45) is 5.73 Å². The molecule has 0 saturated carbocycles. The highest BCUT2D eigenvalue weighted by Gasteiger charge is 2.13. The standard InChI is InChI=1S/C18H23NO/c1-13-4-6-16(7-5-13)18(8-9-19)20-17-11-14(2)10-15(3)12-17/h4-7,10-12,18H,8-9,19H2,1-3H3. The number of benzene rings is 2. The zero-order chi connectivity index (χ0) is 14.5. The predicted octanol–water partition coefficient (Wildman–Crippen LogP) is 4.08. The summed E-state index contributed by atoms with van der Waals surface area (Å²) in [6.07, 6.45) is 0.831. The van der Waals surface area contributed by atoms with E-state index in [-0.39, 0.29) is 6.10 Å². The number of ether oxygens (including phenoxy) is 1. The van der Waals surface area contributed by atoms with Crippen LogP contribution in [0, 0.1) is 20.8 Å². The van der Waals surface area contributed by atoms with Crippen molar-refractivity contribution >= 4 is 0 Å².